The molecule has 0 fully saturated rings. The van der Waals surface area contributed by atoms with E-state index in [1.807, 2.05) is 55.5 Å². The predicted octanol–water partition coefficient (Wildman–Crippen LogP) is 4.89. The minimum absolute atomic E-state index is 0.159. The number of carbonyl (C=O) groups excluding carboxylic acids is 2. The molecule has 0 unspecified atom stereocenters. The van der Waals surface area contributed by atoms with Gasteiger partial charge in [0.25, 0.3) is 11.8 Å². The van der Waals surface area contributed by atoms with Crippen molar-refractivity contribution < 1.29 is 14.3 Å². The second-order valence-corrected chi connectivity index (χ2v) is 7.40. The van der Waals surface area contributed by atoms with Crippen LogP contribution in [0.2, 0.25) is 0 Å². The van der Waals surface area contributed by atoms with Crippen LogP contribution in [0.5, 0.6) is 5.75 Å². The van der Waals surface area contributed by atoms with Gasteiger partial charge >= 0.3 is 0 Å². The highest BCUT2D eigenvalue weighted by atomic mass is 16.5. The van der Waals surface area contributed by atoms with Gasteiger partial charge in [-0.25, -0.2) is 0 Å². The number of hydrogen-bond acceptors (Lipinski definition) is 3. The predicted molar refractivity (Wildman–Crippen MR) is 123 cm³/mol. The monoisotopic (exact) mass is 416 g/mol. The van der Waals surface area contributed by atoms with Crippen LogP contribution in [0.1, 0.15) is 40.9 Å². The summed E-state index contributed by atoms with van der Waals surface area (Å²) in [5, 5.41) is 5.88. The van der Waals surface area contributed by atoms with Crippen LogP contribution in [0.15, 0.2) is 72.8 Å². The Morgan fingerprint density at radius 3 is 2.32 bits per heavy atom. The van der Waals surface area contributed by atoms with Crippen LogP contribution >= 0.6 is 0 Å². The van der Waals surface area contributed by atoms with Crippen molar-refractivity contribution in [1.29, 1.82) is 0 Å². The first-order chi connectivity index (χ1) is 15.0. The third kappa shape index (κ3) is 5.95. The van der Waals surface area contributed by atoms with Crippen molar-refractivity contribution >= 4 is 17.5 Å². The summed E-state index contributed by atoms with van der Waals surface area (Å²) in [5.41, 5.74) is 4.52. The smallest absolute Gasteiger partial charge is 0.265 e. The molecule has 5 heteroatoms. The van der Waals surface area contributed by atoms with Crippen LogP contribution in [-0.2, 0) is 17.8 Å². The minimum Gasteiger partial charge on any atom is -0.481 e. The van der Waals surface area contributed by atoms with Crippen molar-refractivity contribution in [1.82, 2.24) is 5.32 Å². The Balaban J connectivity index is 1.56. The van der Waals surface area contributed by atoms with Gasteiger partial charge in [0.2, 0.25) is 0 Å². The van der Waals surface area contributed by atoms with Crippen LogP contribution in [0, 0.1) is 6.92 Å². The molecule has 0 heterocycles. The standard InChI is InChI=1S/C26H28N2O3/c1-4-21-12-8-9-18(2)24(21)28-25(29)19(3)31-23-15-13-22(14-16-23)26(30)27-17-20-10-6-5-7-11-20/h5-16,19H,4,17H2,1-3H3,(H,27,30)(H,28,29)/t19-/m0/s1. The van der Waals surface area contributed by atoms with E-state index in [-0.39, 0.29) is 11.8 Å². The summed E-state index contributed by atoms with van der Waals surface area (Å²) in [6, 6.07) is 22.5. The molecule has 0 aromatic heterocycles. The number of carbonyl (C=O) groups is 2. The largest absolute Gasteiger partial charge is 0.481 e. The zero-order valence-electron chi connectivity index (χ0n) is 18.1. The molecule has 0 aliphatic carbocycles. The second kappa shape index (κ2) is 10.4. The summed E-state index contributed by atoms with van der Waals surface area (Å²) < 4.78 is 5.78. The summed E-state index contributed by atoms with van der Waals surface area (Å²) in [5.74, 6) is 0.157. The van der Waals surface area contributed by atoms with Crippen molar-refractivity contribution in [2.45, 2.75) is 39.8 Å². The Labute approximate surface area is 183 Å². The highest BCUT2D eigenvalue weighted by Gasteiger charge is 2.17. The lowest BCUT2D eigenvalue weighted by Gasteiger charge is -2.18. The van der Waals surface area contributed by atoms with Gasteiger partial charge in [-0.3, -0.25) is 9.59 Å². The van der Waals surface area contributed by atoms with Gasteiger partial charge in [-0.2, -0.15) is 0 Å². The molecule has 2 N–H and O–H groups in total. The Morgan fingerprint density at radius 1 is 0.935 bits per heavy atom. The lowest BCUT2D eigenvalue weighted by Crippen LogP contribution is -2.30. The van der Waals surface area contributed by atoms with Crippen molar-refractivity contribution in [2.24, 2.45) is 0 Å². The molecule has 0 radical (unpaired) electrons. The number of nitrogens with one attached hydrogen (secondary N) is 2. The summed E-state index contributed by atoms with van der Waals surface area (Å²) in [6.07, 6.45) is 0.155. The molecule has 0 aliphatic heterocycles. The molecular formula is C26H28N2O3. The molecule has 3 aromatic rings. The number of hydrogen-bond donors (Lipinski definition) is 2. The van der Waals surface area contributed by atoms with Crippen LogP contribution < -0.4 is 15.4 Å². The maximum atomic E-state index is 12.6. The van der Waals surface area contributed by atoms with Gasteiger partial charge in [-0.15, -0.1) is 0 Å². The van der Waals surface area contributed by atoms with Crippen molar-refractivity contribution in [3.8, 4) is 5.75 Å². The number of rotatable bonds is 8. The zero-order chi connectivity index (χ0) is 22.2. The van der Waals surface area contributed by atoms with Crippen LogP contribution in [0.4, 0.5) is 5.69 Å². The first-order valence-electron chi connectivity index (χ1n) is 10.5. The first kappa shape index (κ1) is 22.1. The fourth-order valence-electron chi connectivity index (χ4n) is 3.25. The molecule has 3 rings (SSSR count). The van der Waals surface area contributed by atoms with Gasteiger partial charge in [-0.1, -0.05) is 55.5 Å². The van der Waals surface area contributed by atoms with Gasteiger partial charge in [0.15, 0.2) is 6.10 Å². The van der Waals surface area contributed by atoms with E-state index < -0.39 is 6.10 Å². The van der Waals surface area contributed by atoms with E-state index in [9.17, 15) is 9.59 Å². The molecule has 1 atom stereocenters. The van der Waals surface area contributed by atoms with E-state index in [4.69, 9.17) is 4.74 Å². The van der Waals surface area contributed by atoms with Crippen LogP contribution in [0.3, 0.4) is 0 Å². The number of para-hydroxylation sites is 1. The summed E-state index contributed by atoms with van der Waals surface area (Å²) in [6.45, 7) is 6.21. The first-order valence-corrected chi connectivity index (χ1v) is 10.5. The molecular weight excluding hydrogens is 388 g/mol. The van der Waals surface area contributed by atoms with Gasteiger partial charge < -0.3 is 15.4 Å². The quantitative estimate of drug-likeness (QED) is 0.549. The van der Waals surface area contributed by atoms with Crippen LogP contribution in [0.25, 0.3) is 0 Å². The normalized spacial score (nSPS) is 11.5. The molecule has 2 amide bonds. The highest BCUT2D eigenvalue weighted by Crippen LogP contribution is 2.22. The molecule has 160 valence electrons. The van der Waals surface area contributed by atoms with E-state index >= 15 is 0 Å². The summed E-state index contributed by atoms with van der Waals surface area (Å²) in [7, 11) is 0. The Bertz CT molecular complexity index is 1030. The topological polar surface area (TPSA) is 67.4 Å². The average Bonchev–Trinajstić information content (AvgIpc) is 2.79. The molecule has 0 bridgehead atoms. The molecule has 3 aromatic carbocycles. The third-order valence-corrected chi connectivity index (χ3v) is 5.08. The second-order valence-electron chi connectivity index (χ2n) is 7.40. The molecule has 0 spiro atoms. The van der Waals surface area contributed by atoms with Crippen molar-refractivity contribution in [3.05, 3.63) is 95.1 Å². The number of benzene rings is 3. The van der Waals surface area contributed by atoms with Gasteiger partial charge in [-0.05, 0) is 61.2 Å². The van der Waals surface area contributed by atoms with Crippen molar-refractivity contribution in [2.75, 3.05) is 5.32 Å². The van der Waals surface area contributed by atoms with E-state index in [2.05, 4.69) is 17.6 Å². The van der Waals surface area contributed by atoms with E-state index in [1.54, 1.807) is 31.2 Å². The Morgan fingerprint density at radius 2 is 1.65 bits per heavy atom. The van der Waals surface area contributed by atoms with Gasteiger partial charge in [0.1, 0.15) is 5.75 Å². The van der Waals surface area contributed by atoms with Gasteiger partial charge in [0.05, 0.1) is 0 Å². The average molecular weight is 417 g/mol. The molecule has 5 nitrogen and oxygen atoms in total. The van der Waals surface area contributed by atoms with E-state index in [0.29, 0.717) is 17.9 Å². The Kier molecular flexibility index (Phi) is 7.44. The van der Waals surface area contributed by atoms with Crippen molar-refractivity contribution in [3.63, 3.8) is 0 Å². The lowest BCUT2D eigenvalue weighted by molar-refractivity contribution is -0.122. The number of amides is 2. The summed E-state index contributed by atoms with van der Waals surface area (Å²) in [4.78, 5) is 25.0. The maximum Gasteiger partial charge on any atom is 0.265 e. The third-order valence-electron chi connectivity index (χ3n) is 5.08. The number of ether oxygens (including phenoxy) is 1. The van der Waals surface area contributed by atoms with Crippen LogP contribution in [-0.4, -0.2) is 17.9 Å². The number of anilines is 1. The maximum absolute atomic E-state index is 12.6. The summed E-state index contributed by atoms with van der Waals surface area (Å²) >= 11 is 0. The van der Waals surface area contributed by atoms with E-state index in [1.165, 1.54) is 0 Å². The minimum atomic E-state index is -0.679. The molecule has 31 heavy (non-hydrogen) atoms. The molecule has 0 aliphatic rings. The Hall–Kier alpha value is -3.60. The SMILES string of the molecule is CCc1cccc(C)c1NC(=O)[C@H](C)Oc1ccc(C(=O)NCc2ccccc2)cc1. The lowest BCUT2D eigenvalue weighted by atomic mass is 10.1. The molecule has 0 saturated heterocycles. The highest BCUT2D eigenvalue weighted by molar-refractivity contribution is 5.96. The molecule has 0 saturated carbocycles. The zero-order valence-corrected chi connectivity index (χ0v) is 18.1. The fraction of sp³-hybridized carbons (Fsp3) is 0.231. The van der Waals surface area contributed by atoms with E-state index in [0.717, 1.165) is 28.8 Å². The number of aryl methyl sites for hydroxylation is 2. The van der Waals surface area contributed by atoms with Gasteiger partial charge in [0, 0.05) is 17.8 Å². The fourth-order valence-corrected chi connectivity index (χ4v) is 3.25.